The SMILES string of the molecule is CNCc1cc(Br)ccc1Oc1cc(C)ccc1[N+](=O)[O-]. The second-order valence-corrected chi connectivity index (χ2v) is 5.53. The highest BCUT2D eigenvalue weighted by molar-refractivity contribution is 9.10. The maximum atomic E-state index is 11.1. The third-order valence-electron chi connectivity index (χ3n) is 2.92. The summed E-state index contributed by atoms with van der Waals surface area (Å²) in [4.78, 5) is 10.7. The highest BCUT2D eigenvalue weighted by Gasteiger charge is 2.17. The van der Waals surface area contributed by atoms with Crippen LogP contribution in [-0.4, -0.2) is 12.0 Å². The lowest BCUT2D eigenvalue weighted by Gasteiger charge is -2.12. The average Bonchev–Trinajstić information content (AvgIpc) is 2.42. The molecule has 0 amide bonds. The first kappa shape index (κ1) is 15.5. The van der Waals surface area contributed by atoms with Gasteiger partial charge in [0.15, 0.2) is 0 Å². The van der Waals surface area contributed by atoms with Gasteiger partial charge >= 0.3 is 5.69 Å². The molecule has 0 saturated heterocycles. The zero-order valence-corrected chi connectivity index (χ0v) is 13.3. The average molecular weight is 351 g/mol. The van der Waals surface area contributed by atoms with Gasteiger partial charge in [-0.1, -0.05) is 22.0 Å². The number of nitrogens with one attached hydrogen (secondary N) is 1. The first-order valence-electron chi connectivity index (χ1n) is 6.37. The summed E-state index contributed by atoms with van der Waals surface area (Å²) in [6, 6.07) is 10.4. The van der Waals surface area contributed by atoms with Crippen molar-refractivity contribution in [2.75, 3.05) is 7.05 Å². The Kier molecular flexibility index (Phi) is 4.93. The highest BCUT2D eigenvalue weighted by atomic mass is 79.9. The number of rotatable bonds is 5. The predicted molar refractivity (Wildman–Crippen MR) is 84.8 cm³/mol. The van der Waals surface area contributed by atoms with Crippen LogP contribution < -0.4 is 10.1 Å². The van der Waals surface area contributed by atoms with Crippen LogP contribution in [0.15, 0.2) is 40.9 Å². The molecule has 0 saturated carbocycles. The summed E-state index contributed by atoms with van der Waals surface area (Å²) in [6.07, 6.45) is 0. The second kappa shape index (κ2) is 6.69. The maximum absolute atomic E-state index is 11.1. The summed E-state index contributed by atoms with van der Waals surface area (Å²) in [5.41, 5.74) is 1.78. The van der Waals surface area contributed by atoms with E-state index in [1.165, 1.54) is 6.07 Å². The number of nitrogens with zero attached hydrogens (tertiary/aromatic N) is 1. The summed E-state index contributed by atoms with van der Waals surface area (Å²) in [5.74, 6) is 0.848. The van der Waals surface area contributed by atoms with E-state index in [4.69, 9.17) is 4.74 Å². The van der Waals surface area contributed by atoms with E-state index in [1.54, 1.807) is 18.2 Å². The van der Waals surface area contributed by atoms with Crippen LogP contribution in [-0.2, 0) is 6.54 Å². The van der Waals surface area contributed by atoms with Crippen molar-refractivity contribution in [3.63, 3.8) is 0 Å². The Hall–Kier alpha value is -1.92. The fourth-order valence-electron chi connectivity index (χ4n) is 1.95. The Morgan fingerprint density at radius 3 is 2.67 bits per heavy atom. The van der Waals surface area contributed by atoms with Gasteiger partial charge in [-0.25, -0.2) is 0 Å². The van der Waals surface area contributed by atoms with E-state index in [2.05, 4.69) is 21.2 Å². The van der Waals surface area contributed by atoms with Crippen molar-refractivity contribution in [1.82, 2.24) is 5.32 Å². The third kappa shape index (κ3) is 3.80. The van der Waals surface area contributed by atoms with Crippen LogP contribution in [0.1, 0.15) is 11.1 Å². The zero-order valence-electron chi connectivity index (χ0n) is 11.7. The van der Waals surface area contributed by atoms with E-state index in [0.29, 0.717) is 12.3 Å². The standard InChI is InChI=1S/C15H15BrN2O3/c1-10-3-5-13(18(19)20)15(7-10)21-14-6-4-12(16)8-11(14)9-17-2/h3-8,17H,9H2,1-2H3. The lowest BCUT2D eigenvalue weighted by Crippen LogP contribution is -2.06. The Bertz CT molecular complexity index is 674. The van der Waals surface area contributed by atoms with Crippen LogP contribution in [0.25, 0.3) is 0 Å². The molecule has 0 bridgehead atoms. The summed E-state index contributed by atoms with van der Waals surface area (Å²) >= 11 is 3.41. The van der Waals surface area contributed by atoms with Gasteiger partial charge in [0.1, 0.15) is 5.75 Å². The molecule has 0 aromatic heterocycles. The van der Waals surface area contributed by atoms with E-state index >= 15 is 0 Å². The monoisotopic (exact) mass is 350 g/mol. The molecule has 2 aromatic carbocycles. The van der Waals surface area contributed by atoms with E-state index in [1.807, 2.05) is 26.1 Å². The van der Waals surface area contributed by atoms with Gasteiger partial charge in [-0.15, -0.1) is 0 Å². The molecule has 0 unspecified atom stereocenters. The number of halogens is 1. The lowest BCUT2D eigenvalue weighted by atomic mass is 10.2. The second-order valence-electron chi connectivity index (χ2n) is 4.61. The van der Waals surface area contributed by atoms with Gasteiger partial charge in [0.25, 0.3) is 0 Å². The van der Waals surface area contributed by atoms with Gasteiger partial charge in [-0.05, 0) is 43.8 Å². The van der Waals surface area contributed by atoms with Gasteiger partial charge in [0, 0.05) is 22.6 Å². The molecular formula is C15H15BrN2O3. The van der Waals surface area contributed by atoms with Crippen molar-refractivity contribution in [2.45, 2.75) is 13.5 Å². The molecular weight excluding hydrogens is 336 g/mol. The first-order valence-corrected chi connectivity index (χ1v) is 7.16. The van der Waals surface area contributed by atoms with Crippen LogP contribution in [0.5, 0.6) is 11.5 Å². The van der Waals surface area contributed by atoms with Crippen molar-refractivity contribution in [3.8, 4) is 11.5 Å². The number of nitro benzene ring substituents is 1. The molecule has 5 nitrogen and oxygen atoms in total. The minimum absolute atomic E-state index is 0.0427. The number of ether oxygens (including phenoxy) is 1. The molecule has 0 aliphatic rings. The molecule has 0 aliphatic heterocycles. The minimum Gasteiger partial charge on any atom is -0.450 e. The molecule has 2 aromatic rings. The highest BCUT2D eigenvalue weighted by Crippen LogP contribution is 2.34. The fraction of sp³-hybridized carbons (Fsp3) is 0.200. The number of nitro groups is 1. The number of hydrogen-bond acceptors (Lipinski definition) is 4. The lowest BCUT2D eigenvalue weighted by molar-refractivity contribution is -0.385. The first-order chi connectivity index (χ1) is 10.0. The molecule has 0 spiro atoms. The van der Waals surface area contributed by atoms with Gasteiger partial charge in [-0.3, -0.25) is 10.1 Å². The van der Waals surface area contributed by atoms with Crippen LogP contribution in [0, 0.1) is 17.0 Å². The minimum atomic E-state index is -0.439. The van der Waals surface area contributed by atoms with Crippen molar-refractivity contribution in [3.05, 3.63) is 62.1 Å². The van der Waals surface area contributed by atoms with Crippen molar-refractivity contribution in [1.29, 1.82) is 0 Å². The molecule has 0 fully saturated rings. The molecule has 0 heterocycles. The Morgan fingerprint density at radius 1 is 1.24 bits per heavy atom. The van der Waals surface area contributed by atoms with E-state index < -0.39 is 4.92 Å². The van der Waals surface area contributed by atoms with E-state index in [-0.39, 0.29) is 11.4 Å². The number of hydrogen-bond donors (Lipinski definition) is 1. The summed E-state index contributed by atoms with van der Waals surface area (Å²) < 4.78 is 6.72. The van der Waals surface area contributed by atoms with Crippen molar-refractivity contribution in [2.24, 2.45) is 0 Å². The van der Waals surface area contributed by atoms with Crippen molar-refractivity contribution >= 4 is 21.6 Å². The predicted octanol–water partition coefficient (Wildman–Crippen LogP) is 4.18. The van der Waals surface area contributed by atoms with Crippen LogP contribution in [0.2, 0.25) is 0 Å². The van der Waals surface area contributed by atoms with Gasteiger partial charge in [0.05, 0.1) is 4.92 Å². The van der Waals surface area contributed by atoms with E-state index in [0.717, 1.165) is 15.6 Å². The summed E-state index contributed by atoms with van der Waals surface area (Å²) in [5, 5.41) is 14.1. The van der Waals surface area contributed by atoms with Gasteiger partial charge in [-0.2, -0.15) is 0 Å². The van der Waals surface area contributed by atoms with Crippen LogP contribution in [0.3, 0.4) is 0 Å². The number of aryl methyl sites for hydroxylation is 1. The summed E-state index contributed by atoms with van der Waals surface area (Å²) in [6.45, 7) is 2.47. The fourth-order valence-corrected chi connectivity index (χ4v) is 2.36. The Morgan fingerprint density at radius 2 is 2.00 bits per heavy atom. The zero-order chi connectivity index (χ0) is 15.4. The Balaban J connectivity index is 2.42. The maximum Gasteiger partial charge on any atom is 0.311 e. The molecule has 21 heavy (non-hydrogen) atoms. The molecule has 0 atom stereocenters. The largest absolute Gasteiger partial charge is 0.450 e. The van der Waals surface area contributed by atoms with Crippen LogP contribution in [0.4, 0.5) is 5.69 Å². The smallest absolute Gasteiger partial charge is 0.311 e. The van der Waals surface area contributed by atoms with E-state index in [9.17, 15) is 10.1 Å². The third-order valence-corrected chi connectivity index (χ3v) is 3.41. The molecule has 1 N–H and O–H groups in total. The molecule has 110 valence electrons. The molecule has 2 rings (SSSR count). The van der Waals surface area contributed by atoms with Gasteiger partial charge < -0.3 is 10.1 Å². The molecule has 6 heteroatoms. The topological polar surface area (TPSA) is 64.4 Å². The number of benzene rings is 2. The Labute approximate surface area is 131 Å². The summed E-state index contributed by atoms with van der Waals surface area (Å²) in [7, 11) is 1.83. The van der Waals surface area contributed by atoms with Crippen LogP contribution >= 0.6 is 15.9 Å². The van der Waals surface area contributed by atoms with Gasteiger partial charge in [0.2, 0.25) is 5.75 Å². The molecule has 0 radical (unpaired) electrons. The molecule has 0 aliphatic carbocycles. The normalized spacial score (nSPS) is 10.4. The van der Waals surface area contributed by atoms with Crippen molar-refractivity contribution < 1.29 is 9.66 Å². The quantitative estimate of drug-likeness (QED) is 0.648.